The summed E-state index contributed by atoms with van der Waals surface area (Å²) in [6, 6.07) is 9.06. The molecule has 0 saturated heterocycles. The first-order valence-corrected chi connectivity index (χ1v) is 9.14. The number of halogens is 1. The minimum atomic E-state index is 0.0407. The summed E-state index contributed by atoms with van der Waals surface area (Å²) in [5.74, 6) is 0.157. The van der Waals surface area contributed by atoms with Crippen LogP contribution < -0.4 is 0 Å². The molecule has 0 amide bonds. The van der Waals surface area contributed by atoms with Gasteiger partial charge in [-0.2, -0.15) is 0 Å². The molecule has 0 aliphatic heterocycles. The second kappa shape index (κ2) is 8.03. The molecule has 0 unspecified atom stereocenters. The van der Waals surface area contributed by atoms with Crippen molar-refractivity contribution in [1.82, 2.24) is 19.9 Å². The van der Waals surface area contributed by atoms with Crippen molar-refractivity contribution in [1.29, 1.82) is 0 Å². The zero-order chi connectivity index (χ0) is 18.7. The minimum Gasteiger partial charge on any atom is -0.505 e. The van der Waals surface area contributed by atoms with Gasteiger partial charge >= 0.3 is 0 Å². The van der Waals surface area contributed by atoms with Gasteiger partial charge in [0, 0.05) is 23.7 Å². The Kier molecular flexibility index (Phi) is 5.76. The Morgan fingerprint density at radius 3 is 2.50 bits per heavy atom. The molecule has 0 bridgehead atoms. The van der Waals surface area contributed by atoms with Crippen molar-refractivity contribution in [3.05, 3.63) is 46.5 Å². The summed E-state index contributed by atoms with van der Waals surface area (Å²) in [6.07, 6.45) is 0.505. The van der Waals surface area contributed by atoms with E-state index in [1.807, 2.05) is 12.1 Å². The fourth-order valence-corrected chi connectivity index (χ4v) is 3.14. The summed E-state index contributed by atoms with van der Waals surface area (Å²) >= 11 is 6.03. The fourth-order valence-electron chi connectivity index (χ4n) is 2.97. The number of aromatic hydroxyl groups is 1. The number of aromatic nitrogens is 3. The first-order valence-electron chi connectivity index (χ1n) is 8.76. The molecule has 2 N–H and O–H groups in total. The van der Waals surface area contributed by atoms with Gasteiger partial charge in [0.05, 0.1) is 0 Å². The van der Waals surface area contributed by atoms with Gasteiger partial charge in [0.1, 0.15) is 22.5 Å². The summed E-state index contributed by atoms with van der Waals surface area (Å²) in [4.78, 5) is 3.65. The van der Waals surface area contributed by atoms with Crippen molar-refractivity contribution in [2.24, 2.45) is 0 Å². The lowest BCUT2D eigenvalue weighted by molar-refractivity contribution is 0.289. The summed E-state index contributed by atoms with van der Waals surface area (Å²) in [5, 5.41) is 29.7. The van der Waals surface area contributed by atoms with E-state index in [9.17, 15) is 10.2 Å². The van der Waals surface area contributed by atoms with E-state index in [2.05, 4.69) is 28.9 Å². The van der Waals surface area contributed by atoms with E-state index in [-0.39, 0.29) is 12.4 Å². The molecule has 1 aromatic heterocycles. The lowest BCUT2D eigenvalue weighted by Crippen LogP contribution is -2.22. The molecule has 0 atom stereocenters. The summed E-state index contributed by atoms with van der Waals surface area (Å²) in [6.45, 7) is 6.61. The van der Waals surface area contributed by atoms with Crippen LogP contribution in [0.2, 0.25) is 5.02 Å². The van der Waals surface area contributed by atoms with Gasteiger partial charge in [-0.1, -0.05) is 31.5 Å². The van der Waals surface area contributed by atoms with E-state index < -0.39 is 0 Å². The molecule has 6 nitrogen and oxygen atoms in total. The van der Waals surface area contributed by atoms with Crippen LogP contribution in [0.1, 0.15) is 25.0 Å². The minimum absolute atomic E-state index is 0.0407. The molecule has 26 heavy (non-hydrogen) atoms. The maximum absolute atomic E-state index is 10.8. The topological polar surface area (TPSA) is 74.4 Å². The number of hydrogen-bond donors (Lipinski definition) is 2. The third-order valence-corrected chi connectivity index (χ3v) is 4.71. The molecule has 0 fully saturated rings. The van der Waals surface area contributed by atoms with Gasteiger partial charge < -0.3 is 10.2 Å². The standard InChI is InChI=1S/C19H23ClN4O2/c1-3-23(4-2)12-14-9-13(7-8-25)10-18(19(14)26)24-21-16-6-5-15(20)11-17(16)22-24/h5-6,9-11,25-26H,3-4,7-8,12H2,1-2H3. The van der Waals surface area contributed by atoms with Gasteiger partial charge in [-0.15, -0.1) is 15.0 Å². The molecular formula is C19H23ClN4O2. The van der Waals surface area contributed by atoms with E-state index in [1.165, 1.54) is 4.80 Å². The maximum Gasteiger partial charge on any atom is 0.147 e. The average molecular weight is 375 g/mol. The lowest BCUT2D eigenvalue weighted by atomic mass is 10.0. The highest BCUT2D eigenvalue weighted by Crippen LogP contribution is 2.30. The molecule has 0 aliphatic rings. The van der Waals surface area contributed by atoms with Crippen LogP contribution >= 0.6 is 11.6 Å². The second-order valence-corrected chi connectivity index (χ2v) is 6.62. The number of benzene rings is 2. The van der Waals surface area contributed by atoms with Crippen LogP contribution in [-0.4, -0.2) is 49.8 Å². The van der Waals surface area contributed by atoms with Gasteiger partial charge in [-0.3, -0.25) is 4.90 Å². The molecular weight excluding hydrogens is 352 g/mol. The van der Waals surface area contributed by atoms with Gasteiger partial charge in [0.15, 0.2) is 0 Å². The van der Waals surface area contributed by atoms with Crippen molar-refractivity contribution >= 4 is 22.6 Å². The Hall–Kier alpha value is -2.15. The Bertz CT molecular complexity index is 906. The molecule has 7 heteroatoms. The number of phenolic OH excluding ortho intramolecular Hbond substituents is 1. The van der Waals surface area contributed by atoms with Crippen LogP contribution in [0.25, 0.3) is 16.7 Å². The van der Waals surface area contributed by atoms with Crippen LogP contribution in [0.5, 0.6) is 5.75 Å². The van der Waals surface area contributed by atoms with Gasteiger partial charge in [-0.05, 0) is 49.3 Å². The van der Waals surface area contributed by atoms with Crippen LogP contribution in [-0.2, 0) is 13.0 Å². The highest BCUT2D eigenvalue weighted by atomic mass is 35.5. The number of hydrogen-bond acceptors (Lipinski definition) is 5. The Morgan fingerprint density at radius 2 is 1.81 bits per heavy atom. The van der Waals surface area contributed by atoms with Gasteiger partial charge in [0.2, 0.25) is 0 Å². The Morgan fingerprint density at radius 1 is 1.08 bits per heavy atom. The van der Waals surface area contributed by atoms with E-state index >= 15 is 0 Å². The highest BCUT2D eigenvalue weighted by Gasteiger charge is 2.16. The number of phenols is 1. The number of nitrogens with zero attached hydrogens (tertiary/aromatic N) is 4. The SMILES string of the molecule is CCN(CC)Cc1cc(CCO)cc(-n2nc3ccc(Cl)cc3n2)c1O. The molecule has 1 heterocycles. The zero-order valence-corrected chi connectivity index (χ0v) is 15.7. The van der Waals surface area contributed by atoms with E-state index in [4.69, 9.17) is 11.6 Å². The average Bonchev–Trinajstić information content (AvgIpc) is 3.04. The van der Waals surface area contributed by atoms with Gasteiger partial charge in [0.25, 0.3) is 0 Å². The van der Waals surface area contributed by atoms with Crippen molar-refractivity contribution in [2.45, 2.75) is 26.8 Å². The first kappa shape index (κ1) is 18.6. The highest BCUT2D eigenvalue weighted by molar-refractivity contribution is 6.31. The Labute approximate surface area is 157 Å². The second-order valence-electron chi connectivity index (χ2n) is 6.18. The molecule has 0 aliphatic carbocycles. The van der Waals surface area contributed by atoms with Crippen molar-refractivity contribution in [2.75, 3.05) is 19.7 Å². The molecule has 0 radical (unpaired) electrons. The van der Waals surface area contributed by atoms with Crippen LogP contribution in [0.3, 0.4) is 0 Å². The molecule has 3 aromatic rings. The lowest BCUT2D eigenvalue weighted by Gasteiger charge is -2.20. The zero-order valence-electron chi connectivity index (χ0n) is 15.0. The molecule has 2 aromatic carbocycles. The summed E-state index contributed by atoms with van der Waals surface area (Å²) < 4.78 is 0. The Balaban J connectivity index is 2.10. The van der Waals surface area contributed by atoms with Crippen molar-refractivity contribution in [3.63, 3.8) is 0 Å². The van der Waals surface area contributed by atoms with Gasteiger partial charge in [-0.25, -0.2) is 0 Å². The maximum atomic E-state index is 10.8. The molecule has 3 rings (SSSR count). The van der Waals surface area contributed by atoms with E-state index in [0.29, 0.717) is 34.7 Å². The predicted molar refractivity (Wildman–Crippen MR) is 103 cm³/mol. The number of rotatable bonds is 7. The quantitative estimate of drug-likeness (QED) is 0.664. The van der Waals surface area contributed by atoms with E-state index in [0.717, 1.165) is 24.2 Å². The van der Waals surface area contributed by atoms with Crippen LogP contribution in [0.4, 0.5) is 0 Å². The predicted octanol–water partition coefficient (Wildman–Crippen LogP) is 3.16. The first-order chi connectivity index (χ1) is 12.5. The largest absolute Gasteiger partial charge is 0.505 e. The van der Waals surface area contributed by atoms with Crippen LogP contribution in [0, 0.1) is 0 Å². The molecule has 138 valence electrons. The van der Waals surface area contributed by atoms with Crippen LogP contribution in [0.15, 0.2) is 30.3 Å². The third-order valence-electron chi connectivity index (χ3n) is 4.48. The number of aliphatic hydroxyl groups excluding tert-OH is 1. The number of aliphatic hydroxyl groups is 1. The third kappa shape index (κ3) is 3.82. The van der Waals surface area contributed by atoms with Crippen molar-refractivity contribution < 1.29 is 10.2 Å². The van der Waals surface area contributed by atoms with Crippen molar-refractivity contribution in [3.8, 4) is 11.4 Å². The molecule has 0 spiro atoms. The monoisotopic (exact) mass is 374 g/mol. The van der Waals surface area contributed by atoms with E-state index in [1.54, 1.807) is 18.2 Å². The molecule has 0 saturated carbocycles. The smallest absolute Gasteiger partial charge is 0.147 e. The normalized spacial score (nSPS) is 11.6. The fraction of sp³-hybridized carbons (Fsp3) is 0.368. The number of fused-ring (bicyclic) bond motifs is 1. The summed E-state index contributed by atoms with van der Waals surface area (Å²) in [5.41, 5.74) is 3.60. The summed E-state index contributed by atoms with van der Waals surface area (Å²) in [7, 11) is 0.